The molecule has 0 spiro atoms. The highest BCUT2D eigenvalue weighted by molar-refractivity contribution is 7.99. The Morgan fingerprint density at radius 3 is 2.45 bits per heavy atom. The molecule has 0 aliphatic rings. The van der Waals surface area contributed by atoms with E-state index in [9.17, 15) is 0 Å². The van der Waals surface area contributed by atoms with Crippen LogP contribution in [0.5, 0.6) is 0 Å². The molecule has 1 atom stereocenters. The van der Waals surface area contributed by atoms with Crippen molar-refractivity contribution in [2.24, 2.45) is 0 Å². The smallest absolute Gasteiger partial charge is 0.0547 e. The van der Waals surface area contributed by atoms with Crippen molar-refractivity contribution < 1.29 is 5.11 Å². The van der Waals surface area contributed by atoms with Crippen molar-refractivity contribution in [1.82, 2.24) is 5.32 Å². The Kier molecular flexibility index (Phi) is 7.12. The lowest BCUT2D eigenvalue weighted by Gasteiger charge is -2.09. The molecule has 2 N–H and O–H groups in total. The van der Waals surface area contributed by atoms with E-state index in [-0.39, 0.29) is 6.61 Å². The van der Waals surface area contributed by atoms with Crippen LogP contribution >= 0.6 is 11.8 Å². The SMILES string of the molecule is CC(C)NCCSC(C)CO. The molecule has 0 aromatic heterocycles. The fourth-order valence-electron chi connectivity index (χ4n) is 0.660. The van der Waals surface area contributed by atoms with Gasteiger partial charge in [-0.3, -0.25) is 0 Å². The van der Waals surface area contributed by atoms with Gasteiger partial charge in [-0.1, -0.05) is 20.8 Å². The number of hydrogen-bond donors (Lipinski definition) is 2. The predicted molar refractivity (Wildman–Crippen MR) is 52.1 cm³/mol. The van der Waals surface area contributed by atoms with Crippen molar-refractivity contribution in [3.05, 3.63) is 0 Å². The summed E-state index contributed by atoms with van der Waals surface area (Å²) in [5.41, 5.74) is 0. The van der Waals surface area contributed by atoms with Gasteiger partial charge in [-0.2, -0.15) is 11.8 Å². The third kappa shape index (κ3) is 8.17. The first-order valence-electron chi connectivity index (χ1n) is 4.12. The number of hydrogen-bond acceptors (Lipinski definition) is 3. The first kappa shape index (κ1) is 11.3. The first-order chi connectivity index (χ1) is 5.16. The van der Waals surface area contributed by atoms with Crippen LogP contribution < -0.4 is 5.32 Å². The van der Waals surface area contributed by atoms with E-state index in [4.69, 9.17) is 5.11 Å². The molecule has 0 saturated carbocycles. The minimum Gasteiger partial charge on any atom is -0.395 e. The highest BCUT2D eigenvalue weighted by atomic mass is 32.2. The molecule has 0 heterocycles. The highest BCUT2D eigenvalue weighted by Crippen LogP contribution is 2.07. The zero-order chi connectivity index (χ0) is 8.69. The molecule has 0 aromatic rings. The largest absolute Gasteiger partial charge is 0.395 e. The summed E-state index contributed by atoms with van der Waals surface area (Å²) in [6.45, 7) is 7.64. The van der Waals surface area contributed by atoms with Crippen molar-refractivity contribution in [3.63, 3.8) is 0 Å². The summed E-state index contributed by atoms with van der Waals surface area (Å²) in [6, 6.07) is 0.569. The Morgan fingerprint density at radius 2 is 2.00 bits per heavy atom. The lowest BCUT2D eigenvalue weighted by atomic mass is 10.4. The van der Waals surface area contributed by atoms with E-state index >= 15 is 0 Å². The monoisotopic (exact) mass is 177 g/mol. The molecular formula is C8H19NOS. The van der Waals surface area contributed by atoms with Crippen LogP contribution in [0.25, 0.3) is 0 Å². The fraction of sp³-hybridized carbons (Fsp3) is 1.00. The van der Waals surface area contributed by atoms with Crippen molar-refractivity contribution in [1.29, 1.82) is 0 Å². The Hall–Kier alpha value is 0.270. The van der Waals surface area contributed by atoms with Crippen LogP contribution in [0.3, 0.4) is 0 Å². The second-order valence-electron chi connectivity index (χ2n) is 2.97. The zero-order valence-electron chi connectivity index (χ0n) is 7.63. The molecule has 0 aliphatic carbocycles. The van der Waals surface area contributed by atoms with Gasteiger partial charge in [0, 0.05) is 23.6 Å². The Labute approximate surface area is 73.8 Å². The second kappa shape index (κ2) is 6.95. The lowest BCUT2D eigenvalue weighted by Crippen LogP contribution is -2.25. The van der Waals surface area contributed by atoms with Gasteiger partial charge in [0.1, 0.15) is 0 Å². The van der Waals surface area contributed by atoms with Crippen LogP contribution in [-0.4, -0.2) is 35.3 Å². The molecule has 0 amide bonds. The Morgan fingerprint density at radius 1 is 1.36 bits per heavy atom. The minimum atomic E-state index is 0.284. The number of rotatable bonds is 6. The van der Waals surface area contributed by atoms with Crippen LogP contribution in [0.4, 0.5) is 0 Å². The van der Waals surface area contributed by atoms with Crippen LogP contribution in [0.2, 0.25) is 0 Å². The van der Waals surface area contributed by atoms with Crippen molar-refractivity contribution >= 4 is 11.8 Å². The predicted octanol–water partition coefficient (Wildman–Crippen LogP) is 1.10. The molecule has 68 valence electrons. The first-order valence-corrected chi connectivity index (χ1v) is 5.17. The molecule has 11 heavy (non-hydrogen) atoms. The standard InChI is InChI=1S/C8H19NOS/c1-7(2)9-4-5-11-8(3)6-10/h7-10H,4-6H2,1-3H3. The van der Waals surface area contributed by atoms with E-state index in [1.54, 1.807) is 11.8 Å². The van der Waals surface area contributed by atoms with Crippen molar-refractivity contribution in [3.8, 4) is 0 Å². The van der Waals surface area contributed by atoms with Crippen molar-refractivity contribution in [2.75, 3.05) is 18.9 Å². The normalized spacial score (nSPS) is 13.9. The molecule has 1 unspecified atom stereocenters. The van der Waals surface area contributed by atoms with Gasteiger partial charge in [0.2, 0.25) is 0 Å². The molecular weight excluding hydrogens is 158 g/mol. The summed E-state index contributed by atoms with van der Waals surface area (Å²) in [5, 5.41) is 12.4. The summed E-state index contributed by atoms with van der Waals surface area (Å²) in [4.78, 5) is 0. The van der Waals surface area contributed by atoms with Gasteiger partial charge in [0.15, 0.2) is 0 Å². The van der Waals surface area contributed by atoms with Gasteiger partial charge in [-0.25, -0.2) is 0 Å². The molecule has 0 radical (unpaired) electrons. The third-order valence-electron chi connectivity index (χ3n) is 1.31. The van der Waals surface area contributed by atoms with Crippen LogP contribution in [0, 0.1) is 0 Å². The Bertz CT molecular complexity index is 88.2. The van der Waals surface area contributed by atoms with Gasteiger partial charge < -0.3 is 10.4 Å². The molecule has 0 aliphatic heterocycles. The number of aliphatic hydroxyl groups excluding tert-OH is 1. The molecule has 0 rings (SSSR count). The minimum absolute atomic E-state index is 0.284. The summed E-state index contributed by atoms with van der Waals surface area (Å²) in [6.07, 6.45) is 0. The third-order valence-corrected chi connectivity index (χ3v) is 2.47. The molecule has 0 bridgehead atoms. The molecule has 0 aromatic carbocycles. The number of nitrogens with one attached hydrogen (secondary N) is 1. The maximum Gasteiger partial charge on any atom is 0.0547 e. The van der Waals surface area contributed by atoms with E-state index < -0.39 is 0 Å². The van der Waals surface area contributed by atoms with Crippen molar-refractivity contribution in [2.45, 2.75) is 32.1 Å². The average molecular weight is 177 g/mol. The summed E-state index contributed by atoms with van der Waals surface area (Å²) in [7, 11) is 0. The average Bonchev–Trinajstić information content (AvgIpc) is 1.97. The van der Waals surface area contributed by atoms with Crippen LogP contribution in [-0.2, 0) is 0 Å². The Balaban J connectivity index is 3.01. The van der Waals surface area contributed by atoms with Gasteiger partial charge >= 0.3 is 0 Å². The van der Waals surface area contributed by atoms with Gasteiger partial charge in [0.05, 0.1) is 6.61 Å². The quantitative estimate of drug-likeness (QED) is 0.596. The van der Waals surface area contributed by atoms with Crippen LogP contribution in [0.1, 0.15) is 20.8 Å². The molecule has 2 nitrogen and oxygen atoms in total. The van der Waals surface area contributed by atoms with Gasteiger partial charge in [0.25, 0.3) is 0 Å². The highest BCUT2D eigenvalue weighted by Gasteiger charge is 1.99. The molecule has 0 saturated heterocycles. The second-order valence-corrected chi connectivity index (χ2v) is 4.52. The maximum absolute atomic E-state index is 8.70. The topological polar surface area (TPSA) is 32.3 Å². The molecule has 0 fully saturated rings. The van der Waals surface area contributed by atoms with Gasteiger partial charge in [-0.05, 0) is 0 Å². The lowest BCUT2D eigenvalue weighted by molar-refractivity contribution is 0.300. The van der Waals surface area contributed by atoms with E-state index in [2.05, 4.69) is 19.2 Å². The van der Waals surface area contributed by atoms with Gasteiger partial charge in [-0.15, -0.1) is 0 Å². The zero-order valence-corrected chi connectivity index (χ0v) is 8.45. The van der Waals surface area contributed by atoms with E-state index in [0.717, 1.165) is 12.3 Å². The van der Waals surface area contributed by atoms with Crippen LogP contribution in [0.15, 0.2) is 0 Å². The number of aliphatic hydroxyl groups is 1. The van der Waals surface area contributed by atoms with E-state index in [1.165, 1.54) is 0 Å². The number of thioether (sulfide) groups is 1. The summed E-state index contributed by atoms with van der Waals surface area (Å²) in [5.74, 6) is 1.08. The van der Waals surface area contributed by atoms with E-state index in [0.29, 0.717) is 11.3 Å². The van der Waals surface area contributed by atoms with E-state index in [1.807, 2.05) is 6.92 Å². The maximum atomic E-state index is 8.70. The molecule has 3 heteroatoms. The summed E-state index contributed by atoms with van der Waals surface area (Å²) < 4.78 is 0. The fourth-order valence-corrected chi connectivity index (χ4v) is 1.40. The summed E-state index contributed by atoms with van der Waals surface area (Å²) >= 11 is 1.81.